The molecule has 1 unspecified atom stereocenters. The molecule has 1 saturated heterocycles. The van der Waals surface area contributed by atoms with Crippen molar-refractivity contribution in [2.75, 3.05) is 16.8 Å². The molecular formula is C18H15Cl2N3O4. The number of aryl methyl sites for hydroxylation is 1. The second kappa shape index (κ2) is 7.54. The summed E-state index contributed by atoms with van der Waals surface area (Å²) in [5.74, 6) is -1.12. The fraction of sp³-hybridized carbons (Fsp3) is 0.222. The molecule has 2 amide bonds. The number of nitrogens with zero attached hydrogens (tertiary/aromatic N) is 2. The van der Waals surface area contributed by atoms with Crippen LogP contribution in [0, 0.1) is 23.0 Å². The van der Waals surface area contributed by atoms with Gasteiger partial charge in [0.25, 0.3) is 5.69 Å². The van der Waals surface area contributed by atoms with Crippen molar-refractivity contribution in [1.82, 2.24) is 0 Å². The van der Waals surface area contributed by atoms with Crippen LogP contribution in [0.25, 0.3) is 0 Å². The zero-order chi connectivity index (χ0) is 19.7. The highest BCUT2D eigenvalue weighted by atomic mass is 35.5. The lowest BCUT2D eigenvalue weighted by atomic mass is 10.1. The zero-order valence-corrected chi connectivity index (χ0v) is 15.8. The largest absolute Gasteiger partial charge is 0.324 e. The lowest BCUT2D eigenvalue weighted by Gasteiger charge is -2.17. The van der Waals surface area contributed by atoms with Gasteiger partial charge in [-0.1, -0.05) is 29.3 Å². The normalized spacial score (nSPS) is 16.5. The molecule has 1 N–H and O–H groups in total. The molecule has 27 heavy (non-hydrogen) atoms. The van der Waals surface area contributed by atoms with Crippen LogP contribution in [0.4, 0.5) is 17.1 Å². The summed E-state index contributed by atoms with van der Waals surface area (Å²) in [6.07, 6.45) is 0.0575. The number of nitro benzene ring substituents is 1. The number of hydrogen-bond acceptors (Lipinski definition) is 4. The Morgan fingerprint density at radius 1 is 1.22 bits per heavy atom. The van der Waals surface area contributed by atoms with Gasteiger partial charge in [0, 0.05) is 35.8 Å². The summed E-state index contributed by atoms with van der Waals surface area (Å²) in [5, 5.41) is 14.0. The third-order valence-corrected chi connectivity index (χ3v) is 5.10. The quantitative estimate of drug-likeness (QED) is 0.606. The average molecular weight is 408 g/mol. The molecule has 2 aromatic carbocycles. The molecule has 0 aliphatic carbocycles. The number of carbonyl (C=O) groups excluding carboxylic acids is 2. The fourth-order valence-electron chi connectivity index (χ4n) is 2.84. The predicted octanol–water partition coefficient (Wildman–Crippen LogP) is 4.20. The number of non-ortho nitro benzene ring substituents is 1. The standard InChI is InChI=1S/C18H15Cl2N3O4/c1-10-2-3-12(7-14(10)19)22-9-11(6-17(22)24)18(25)21-16-5-4-13(23(26)27)8-15(16)20/h2-5,7-8,11H,6,9H2,1H3,(H,21,25). The molecule has 0 radical (unpaired) electrons. The molecule has 1 aliphatic heterocycles. The minimum absolute atomic E-state index is 0.0575. The van der Waals surface area contributed by atoms with Crippen LogP contribution in [0.2, 0.25) is 10.0 Å². The third-order valence-electron chi connectivity index (χ3n) is 4.38. The van der Waals surface area contributed by atoms with Gasteiger partial charge in [-0.25, -0.2) is 0 Å². The Morgan fingerprint density at radius 3 is 2.59 bits per heavy atom. The molecule has 3 rings (SSSR count). The molecule has 0 spiro atoms. The summed E-state index contributed by atoms with van der Waals surface area (Å²) in [7, 11) is 0. The van der Waals surface area contributed by atoms with E-state index in [-0.39, 0.29) is 41.2 Å². The number of amides is 2. The van der Waals surface area contributed by atoms with E-state index in [0.29, 0.717) is 10.7 Å². The highest BCUT2D eigenvalue weighted by Gasteiger charge is 2.35. The number of benzene rings is 2. The van der Waals surface area contributed by atoms with Gasteiger partial charge in [0.1, 0.15) is 0 Å². The van der Waals surface area contributed by atoms with E-state index in [0.717, 1.165) is 11.6 Å². The zero-order valence-electron chi connectivity index (χ0n) is 14.2. The van der Waals surface area contributed by atoms with Crippen LogP contribution >= 0.6 is 23.2 Å². The number of rotatable bonds is 4. The van der Waals surface area contributed by atoms with Crippen molar-refractivity contribution in [2.45, 2.75) is 13.3 Å². The topological polar surface area (TPSA) is 92.6 Å². The van der Waals surface area contributed by atoms with Crippen LogP contribution in [-0.4, -0.2) is 23.3 Å². The van der Waals surface area contributed by atoms with Gasteiger partial charge in [-0.2, -0.15) is 0 Å². The first-order valence-corrected chi connectivity index (χ1v) is 8.83. The van der Waals surface area contributed by atoms with Gasteiger partial charge >= 0.3 is 0 Å². The van der Waals surface area contributed by atoms with Crippen LogP contribution in [0.5, 0.6) is 0 Å². The minimum atomic E-state index is -0.572. The number of halogens is 2. The molecule has 0 bridgehead atoms. The van der Waals surface area contributed by atoms with Crippen LogP contribution in [0.1, 0.15) is 12.0 Å². The fourth-order valence-corrected chi connectivity index (χ4v) is 3.23. The summed E-state index contributed by atoms with van der Waals surface area (Å²) >= 11 is 12.1. The molecule has 1 atom stereocenters. The van der Waals surface area contributed by atoms with Gasteiger partial charge < -0.3 is 10.2 Å². The van der Waals surface area contributed by atoms with Gasteiger partial charge in [0.15, 0.2) is 0 Å². The molecule has 2 aromatic rings. The van der Waals surface area contributed by atoms with E-state index in [1.807, 2.05) is 13.0 Å². The van der Waals surface area contributed by atoms with Crippen LogP contribution in [0.3, 0.4) is 0 Å². The molecule has 1 fully saturated rings. The number of anilines is 2. The van der Waals surface area contributed by atoms with Crippen molar-refractivity contribution in [3.05, 3.63) is 62.1 Å². The molecule has 1 aliphatic rings. The summed E-state index contributed by atoms with van der Waals surface area (Å²) in [6.45, 7) is 2.08. The lowest BCUT2D eigenvalue weighted by Crippen LogP contribution is -2.28. The van der Waals surface area contributed by atoms with Gasteiger partial charge in [-0.15, -0.1) is 0 Å². The average Bonchev–Trinajstić information content (AvgIpc) is 3.01. The van der Waals surface area contributed by atoms with Crippen molar-refractivity contribution in [2.24, 2.45) is 5.92 Å². The monoisotopic (exact) mass is 407 g/mol. The van der Waals surface area contributed by atoms with E-state index in [1.165, 1.54) is 17.0 Å². The maximum atomic E-state index is 12.5. The minimum Gasteiger partial charge on any atom is -0.324 e. The summed E-state index contributed by atoms with van der Waals surface area (Å²) < 4.78 is 0. The second-order valence-corrected chi connectivity index (χ2v) is 7.06. The number of carbonyl (C=O) groups is 2. The van der Waals surface area contributed by atoms with Gasteiger partial charge in [0.2, 0.25) is 11.8 Å². The van der Waals surface area contributed by atoms with E-state index in [4.69, 9.17) is 23.2 Å². The van der Waals surface area contributed by atoms with Crippen LogP contribution in [-0.2, 0) is 9.59 Å². The van der Waals surface area contributed by atoms with Crippen molar-refractivity contribution in [3.8, 4) is 0 Å². The first-order chi connectivity index (χ1) is 12.8. The maximum absolute atomic E-state index is 12.5. The first-order valence-electron chi connectivity index (χ1n) is 8.07. The van der Waals surface area contributed by atoms with Gasteiger partial charge in [-0.3, -0.25) is 19.7 Å². The van der Waals surface area contributed by atoms with E-state index < -0.39 is 10.8 Å². The number of nitrogens with one attached hydrogen (secondary N) is 1. The Kier molecular flexibility index (Phi) is 5.34. The molecule has 9 heteroatoms. The second-order valence-electron chi connectivity index (χ2n) is 6.25. The number of hydrogen-bond donors (Lipinski definition) is 1. The van der Waals surface area contributed by atoms with E-state index in [2.05, 4.69) is 5.32 Å². The van der Waals surface area contributed by atoms with Crippen molar-refractivity contribution in [3.63, 3.8) is 0 Å². The smallest absolute Gasteiger partial charge is 0.271 e. The van der Waals surface area contributed by atoms with Crippen LogP contribution in [0.15, 0.2) is 36.4 Å². The molecular weight excluding hydrogens is 393 g/mol. The Labute approximate surface area is 165 Å². The molecule has 140 valence electrons. The predicted molar refractivity (Wildman–Crippen MR) is 103 cm³/mol. The Hall–Kier alpha value is -2.64. The summed E-state index contributed by atoms with van der Waals surface area (Å²) in [5.41, 5.74) is 1.63. The van der Waals surface area contributed by atoms with Crippen molar-refractivity contribution in [1.29, 1.82) is 0 Å². The SMILES string of the molecule is Cc1ccc(N2CC(C(=O)Nc3ccc([N+](=O)[O-])cc3Cl)CC2=O)cc1Cl. The molecule has 1 heterocycles. The molecule has 0 aromatic heterocycles. The van der Waals surface area contributed by atoms with Crippen LogP contribution < -0.4 is 10.2 Å². The van der Waals surface area contributed by atoms with E-state index >= 15 is 0 Å². The van der Waals surface area contributed by atoms with E-state index in [1.54, 1.807) is 12.1 Å². The lowest BCUT2D eigenvalue weighted by molar-refractivity contribution is -0.384. The number of nitro groups is 1. The Bertz CT molecular complexity index is 948. The van der Waals surface area contributed by atoms with Crippen molar-refractivity contribution < 1.29 is 14.5 Å². The summed E-state index contributed by atoms with van der Waals surface area (Å²) in [4.78, 5) is 36.6. The Balaban J connectivity index is 1.72. The van der Waals surface area contributed by atoms with Gasteiger partial charge in [-0.05, 0) is 30.7 Å². The third kappa shape index (κ3) is 4.04. The Morgan fingerprint density at radius 2 is 1.96 bits per heavy atom. The molecule has 0 saturated carbocycles. The van der Waals surface area contributed by atoms with Gasteiger partial charge in [0.05, 0.1) is 21.6 Å². The highest BCUT2D eigenvalue weighted by Crippen LogP contribution is 2.31. The highest BCUT2D eigenvalue weighted by molar-refractivity contribution is 6.34. The maximum Gasteiger partial charge on any atom is 0.271 e. The molecule has 7 nitrogen and oxygen atoms in total. The summed E-state index contributed by atoms with van der Waals surface area (Å²) in [6, 6.07) is 9.08. The van der Waals surface area contributed by atoms with E-state index in [9.17, 15) is 19.7 Å². The van der Waals surface area contributed by atoms with Crippen molar-refractivity contribution >= 4 is 52.1 Å². The first kappa shape index (κ1) is 19.1.